The fourth-order valence-corrected chi connectivity index (χ4v) is 5.73. The Morgan fingerprint density at radius 1 is 0.333 bits per heavy atom. The van der Waals surface area contributed by atoms with Crippen LogP contribution in [0.1, 0.15) is 226 Å². The van der Waals surface area contributed by atoms with E-state index in [1.807, 2.05) is 0 Å². The molecule has 0 aliphatic rings. The van der Waals surface area contributed by atoms with Crippen LogP contribution < -0.4 is 0 Å². The molecule has 0 atom stereocenters. The molecule has 0 aliphatic heterocycles. The van der Waals surface area contributed by atoms with Crippen LogP contribution in [0.5, 0.6) is 0 Å². The van der Waals surface area contributed by atoms with Crippen LogP contribution in [0.3, 0.4) is 0 Å². The van der Waals surface area contributed by atoms with Gasteiger partial charge in [-0.25, -0.2) is 0 Å². The van der Waals surface area contributed by atoms with Crippen LogP contribution in [-0.2, 0) is 9.53 Å². The summed E-state index contributed by atoms with van der Waals surface area (Å²) in [7, 11) is 0. The number of esters is 1. The van der Waals surface area contributed by atoms with Gasteiger partial charge in [-0.2, -0.15) is 0 Å². The number of unbranched alkanes of at least 4 members (excludes halogenated alkanes) is 30. The van der Waals surface area contributed by atoms with Crippen LogP contribution in [-0.4, -0.2) is 12.6 Å². The molecule has 0 fully saturated rings. The zero-order valence-electron chi connectivity index (χ0n) is 27.4. The van der Waals surface area contributed by atoms with E-state index in [1.165, 1.54) is 193 Å². The molecular weight excluding hydrogens is 476 g/mol. The molecule has 0 spiro atoms. The number of carbonyl (C=O) groups excluding carboxylic acids is 1. The van der Waals surface area contributed by atoms with E-state index >= 15 is 0 Å². The van der Waals surface area contributed by atoms with Gasteiger partial charge in [0.2, 0.25) is 0 Å². The van der Waals surface area contributed by atoms with Gasteiger partial charge >= 0.3 is 5.97 Å². The van der Waals surface area contributed by atoms with Crippen molar-refractivity contribution in [1.82, 2.24) is 0 Å². The van der Waals surface area contributed by atoms with Gasteiger partial charge in [0.25, 0.3) is 0 Å². The van der Waals surface area contributed by atoms with Gasteiger partial charge < -0.3 is 4.74 Å². The van der Waals surface area contributed by atoms with Crippen LogP contribution in [0.15, 0.2) is 0 Å². The maximum absolute atomic E-state index is 11.9. The zero-order chi connectivity index (χ0) is 28.3. The van der Waals surface area contributed by atoms with Gasteiger partial charge in [-0.05, 0) is 12.8 Å². The van der Waals surface area contributed by atoms with E-state index in [2.05, 4.69) is 13.8 Å². The predicted molar refractivity (Wildman–Crippen MR) is 175 cm³/mol. The molecule has 0 aliphatic carbocycles. The minimum absolute atomic E-state index is 0.0282. The van der Waals surface area contributed by atoms with E-state index in [-0.39, 0.29) is 5.97 Å². The first-order chi connectivity index (χ1) is 19.3. The highest BCUT2D eigenvalue weighted by Gasteiger charge is 2.03. The lowest BCUT2D eigenvalue weighted by atomic mass is 10.0. The van der Waals surface area contributed by atoms with Crippen molar-refractivity contribution in [1.29, 1.82) is 0 Å². The monoisotopic (exact) mass is 551 g/mol. The first-order valence-corrected chi connectivity index (χ1v) is 18.5. The Hall–Kier alpha value is -0.530. The molecule has 39 heavy (non-hydrogen) atoms. The second-order valence-electron chi connectivity index (χ2n) is 12.6. The number of hydrogen-bond donors (Lipinski definition) is 0. The molecule has 0 aromatic heterocycles. The number of rotatable bonds is 34. The molecule has 0 rings (SSSR count). The Labute approximate surface area is 247 Å². The first kappa shape index (κ1) is 38.5. The Morgan fingerprint density at radius 2 is 0.564 bits per heavy atom. The van der Waals surface area contributed by atoms with Crippen molar-refractivity contribution < 1.29 is 9.53 Å². The number of ether oxygens (including phenoxy) is 1. The Bertz CT molecular complexity index is 447. The van der Waals surface area contributed by atoms with Crippen LogP contribution in [0, 0.1) is 0 Å². The summed E-state index contributed by atoms with van der Waals surface area (Å²) in [6, 6.07) is 0. The molecule has 0 saturated heterocycles. The molecule has 0 radical (unpaired) electrons. The van der Waals surface area contributed by atoms with E-state index in [4.69, 9.17) is 4.74 Å². The van der Waals surface area contributed by atoms with Crippen molar-refractivity contribution in [3.05, 3.63) is 0 Å². The lowest BCUT2D eigenvalue weighted by Gasteiger charge is -2.06. The van der Waals surface area contributed by atoms with Gasteiger partial charge in [0.05, 0.1) is 6.61 Å². The maximum atomic E-state index is 11.9. The van der Waals surface area contributed by atoms with E-state index < -0.39 is 0 Å². The van der Waals surface area contributed by atoms with E-state index in [0.29, 0.717) is 13.0 Å². The maximum Gasteiger partial charge on any atom is 0.305 e. The van der Waals surface area contributed by atoms with Crippen molar-refractivity contribution in [2.24, 2.45) is 0 Å². The highest BCUT2D eigenvalue weighted by Crippen LogP contribution is 2.15. The lowest BCUT2D eigenvalue weighted by Crippen LogP contribution is -2.05. The van der Waals surface area contributed by atoms with Crippen molar-refractivity contribution in [2.45, 2.75) is 226 Å². The predicted octanol–water partition coefficient (Wildman–Crippen LogP) is 13.4. The van der Waals surface area contributed by atoms with Crippen LogP contribution in [0.4, 0.5) is 0 Å². The molecule has 2 nitrogen and oxygen atoms in total. The van der Waals surface area contributed by atoms with E-state index in [1.54, 1.807) is 0 Å². The van der Waals surface area contributed by atoms with Gasteiger partial charge in [0.1, 0.15) is 0 Å². The van der Waals surface area contributed by atoms with Gasteiger partial charge in [0, 0.05) is 6.42 Å². The van der Waals surface area contributed by atoms with E-state index in [0.717, 1.165) is 12.8 Å². The SMILES string of the molecule is CCCCCCCCCCCCCCCCCCCCCOC(=O)CCCCCCCCCCCCCCC. The van der Waals surface area contributed by atoms with E-state index in [9.17, 15) is 4.79 Å². The molecule has 0 amide bonds. The lowest BCUT2D eigenvalue weighted by molar-refractivity contribution is -0.143. The van der Waals surface area contributed by atoms with Gasteiger partial charge in [-0.15, -0.1) is 0 Å². The fraction of sp³-hybridized carbons (Fsp3) is 0.973. The molecule has 2 heteroatoms. The summed E-state index contributed by atoms with van der Waals surface area (Å²) in [6.07, 6.45) is 44.6. The zero-order valence-corrected chi connectivity index (χ0v) is 27.4. The normalized spacial score (nSPS) is 11.3. The summed E-state index contributed by atoms with van der Waals surface area (Å²) in [4.78, 5) is 11.9. The summed E-state index contributed by atoms with van der Waals surface area (Å²) < 4.78 is 5.44. The Morgan fingerprint density at radius 3 is 0.846 bits per heavy atom. The molecule has 0 heterocycles. The van der Waals surface area contributed by atoms with Crippen molar-refractivity contribution >= 4 is 5.97 Å². The van der Waals surface area contributed by atoms with Crippen molar-refractivity contribution in [3.8, 4) is 0 Å². The highest BCUT2D eigenvalue weighted by atomic mass is 16.5. The topological polar surface area (TPSA) is 26.3 Å². The molecule has 0 unspecified atom stereocenters. The summed E-state index contributed by atoms with van der Waals surface area (Å²) >= 11 is 0. The molecular formula is C37H74O2. The molecule has 0 N–H and O–H groups in total. The first-order valence-electron chi connectivity index (χ1n) is 18.5. The molecule has 0 aromatic carbocycles. The van der Waals surface area contributed by atoms with Crippen molar-refractivity contribution in [3.63, 3.8) is 0 Å². The van der Waals surface area contributed by atoms with Gasteiger partial charge in [0.15, 0.2) is 0 Å². The van der Waals surface area contributed by atoms with Gasteiger partial charge in [-0.3, -0.25) is 4.79 Å². The largest absolute Gasteiger partial charge is 0.466 e. The smallest absolute Gasteiger partial charge is 0.305 e. The molecule has 234 valence electrons. The highest BCUT2D eigenvalue weighted by molar-refractivity contribution is 5.69. The summed E-state index contributed by atoms with van der Waals surface area (Å²) in [5, 5.41) is 0. The number of hydrogen-bond acceptors (Lipinski definition) is 2. The standard InChI is InChI=1S/C37H74O2/c1-3-5-7-9-11-13-15-17-18-19-20-21-22-24-26-28-30-32-34-36-39-37(38)35-33-31-29-27-25-23-16-14-12-10-8-6-4-2/h3-36H2,1-2H3. The minimum atomic E-state index is 0.0282. The molecule has 0 bridgehead atoms. The minimum Gasteiger partial charge on any atom is -0.466 e. The second-order valence-corrected chi connectivity index (χ2v) is 12.6. The third-order valence-corrected chi connectivity index (χ3v) is 8.50. The number of carbonyl (C=O) groups is 1. The van der Waals surface area contributed by atoms with Crippen molar-refractivity contribution in [2.75, 3.05) is 6.61 Å². The molecule has 0 aromatic rings. The quantitative estimate of drug-likeness (QED) is 0.0588. The fourth-order valence-electron chi connectivity index (χ4n) is 5.73. The third kappa shape index (κ3) is 35.4. The third-order valence-electron chi connectivity index (χ3n) is 8.50. The summed E-state index contributed by atoms with van der Waals surface area (Å²) in [5.74, 6) is 0.0282. The summed E-state index contributed by atoms with van der Waals surface area (Å²) in [5.41, 5.74) is 0. The summed E-state index contributed by atoms with van der Waals surface area (Å²) in [6.45, 7) is 5.22. The average Bonchev–Trinajstić information content (AvgIpc) is 2.94. The second kappa shape index (κ2) is 35.5. The average molecular weight is 551 g/mol. The van der Waals surface area contributed by atoms with Crippen LogP contribution >= 0.6 is 0 Å². The van der Waals surface area contributed by atoms with Crippen LogP contribution in [0.2, 0.25) is 0 Å². The van der Waals surface area contributed by atoms with Gasteiger partial charge in [-0.1, -0.05) is 206 Å². The molecule has 0 saturated carbocycles. The Kier molecular flexibility index (Phi) is 35.0. The Balaban J connectivity index is 3.13. The van der Waals surface area contributed by atoms with Crippen LogP contribution in [0.25, 0.3) is 0 Å².